The minimum atomic E-state index is -0.244. The van der Waals surface area contributed by atoms with Crippen molar-refractivity contribution in [3.63, 3.8) is 0 Å². The van der Waals surface area contributed by atoms with Crippen LogP contribution in [-0.2, 0) is 10.2 Å². The van der Waals surface area contributed by atoms with Gasteiger partial charge in [-0.3, -0.25) is 4.79 Å². The van der Waals surface area contributed by atoms with Gasteiger partial charge in [-0.25, -0.2) is 0 Å². The summed E-state index contributed by atoms with van der Waals surface area (Å²) in [5.41, 5.74) is 2.18. The Morgan fingerprint density at radius 2 is 2.10 bits per heavy atom. The summed E-state index contributed by atoms with van der Waals surface area (Å²) in [6, 6.07) is 8.90. The highest BCUT2D eigenvalue weighted by Crippen LogP contribution is 2.48. The maximum absolute atomic E-state index is 12.7. The average molecular weight is 286 g/mol. The summed E-state index contributed by atoms with van der Waals surface area (Å²) in [6.07, 6.45) is 4.58. The highest BCUT2D eigenvalue weighted by molar-refractivity contribution is 5.91. The topological polar surface area (TPSA) is 32.3 Å². The van der Waals surface area contributed by atoms with Crippen molar-refractivity contribution in [1.82, 2.24) is 10.2 Å². The van der Waals surface area contributed by atoms with Gasteiger partial charge < -0.3 is 10.2 Å². The Balaban J connectivity index is 1.65. The second kappa shape index (κ2) is 5.45. The maximum Gasteiger partial charge on any atom is 0.230 e. The van der Waals surface area contributed by atoms with E-state index in [4.69, 9.17) is 0 Å². The Labute approximate surface area is 127 Å². The van der Waals surface area contributed by atoms with Gasteiger partial charge in [0.2, 0.25) is 5.91 Å². The van der Waals surface area contributed by atoms with E-state index >= 15 is 0 Å². The number of aryl methyl sites for hydroxylation is 1. The summed E-state index contributed by atoms with van der Waals surface area (Å²) in [5, 5.41) is 3.23. The number of rotatable bonds is 6. The number of amides is 1. The normalized spacial score (nSPS) is 21.1. The molecule has 1 atom stereocenters. The number of hydrogen-bond acceptors (Lipinski definition) is 2. The molecule has 2 aliphatic carbocycles. The second-order valence-corrected chi connectivity index (χ2v) is 7.03. The molecule has 2 saturated carbocycles. The molecule has 0 aliphatic heterocycles. The molecule has 0 radical (unpaired) electrons. The zero-order valence-electron chi connectivity index (χ0n) is 13.4. The smallest absolute Gasteiger partial charge is 0.230 e. The van der Waals surface area contributed by atoms with Crippen molar-refractivity contribution >= 4 is 5.91 Å². The molecule has 3 heteroatoms. The van der Waals surface area contributed by atoms with E-state index in [2.05, 4.69) is 55.5 Å². The third-order valence-corrected chi connectivity index (χ3v) is 5.06. The number of carbonyl (C=O) groups is 1. The Kier molecular flexibility index (Phi) is 3.78. The predicted molar refractivity (Wildman–Crippen MR) is 85.3 cm³/mol. The monoisotopic (exact) mass is 286 g/mol. The molecule has 114 valence electrons. The van der Waals surface area contributed by atoms with Crippen molar-refractivity contribution in [3.8, 4) is 0 Å². The quantitative estimate of drug-likeness (QED) is 0.871. The van der Waals surface area contributed by atoms with Crippen LogP contribution in [-0.4, -0.2) is 37.5 Å². The van der Waals surface area contributed by atoms with Crippen LogP contribution in [0.15, 0.2) is 24.3 Å². The van der Waals surface area contributed by atoms with Crippen molar-refractivity contribution in [3.05, 3.63) is 35.4 Å². The predicted octanol–water partition coefficient (Wildman–Crippen LogP) is 2.48. The lowest BCUT2D eigenvalue weighted by Gasteiger charge is -2.26. The largest absolute Gasteiger partial charge is 0.354 e. The van der Waals surface area contributed by atoms with Crippen molar-refractivity contribution in [2.24, 2.45) is 5.92 Å². The van der Waals surface area contributed by atoms with E-state index < -0.39 is 0 Å². The van der Waals surface area contributed by atoms with Gasteiger partial charge in [-0.15, -0.1) is 0 Å². The first kappa shape index (κ1) is 14.6. The summed E-state index contributed by atoms with van der Waals surface area (Å²) < 4.78 is 0. The Morgan fingerprint density at radius 3 is 2.62 bits per heavy atom. The molecular weight excluding hydrogens is 260 g/mol. The van der Waals surface area contributed by atoms with Crippen LogP contribution in [0.25, 0.3) is 0 Å². The van der Waals surface area contributed by atoms with Gasteiger partial charge in [0.15, 0.2) is 0 Å². The molecule has 2 aliphatic rings. The molecule has 0 spiro atoms. The molecule has 3 nitrogen and oxygen atoms in total. The minimum absolute atomic E-state index is 0.223. The van der Waals surface area contributed by atoms with Crippen LogP contribution in [0.5, 0.6) is 0 Å². The summed E-state index contributed by atoms with van der Waals surface area (Å²) >= 11 is 0. The van der Waals surface area contributed by atoms with Gasteiger partial charge in [-0.1, -0.05) is 29.8 Å². The van der Waals surface area contributed by atoms with Gasteiger partial charge in [0.05, 0.1) is 5.41 Å². The molecule has 3 rings (SSSR count). The molecule has 0 heterocycles. The van der Waals surface area contributed by atoms with E-state index in [1.165, 1.54) is 24.0 Å². The number of hydrogen-bond donors (Lipinski definition) is 1. The van der Waals surface area contributed by atoms with Crippen molar-refractivity contribution < 1.29 is 4.79 Å². The number of nitrogens with one attached hydrogen (secondary N) is 1. The molecule has 1 N–H and O–H groups in total. The van der Waals surface area contributed by atoms with Gasteiger partial charge in [-0.2, -0.15) is 0 Å². The molecule has 2 fully saturated rings. The average Bonchev–Trinajstić information content (AvgIpc) is 3.32. The molecule has 21 heavy (non-hydrogen) atoms. The van der Waals surface area contributed by atoms with Crippen LogP contribution in [0.3, 0.4) is 0 Å². The van der Waals surface area contributed by atoms with Crippen LogP contribution < -0.4 is 5.32 Å². The summed E-state index contributed by atoms with van der Waals surface area (Å²) in [7, 11) is 4.23. The van der Waals surface area contributed by atoms with E-state index in [0.717, 1.165) is 25.3 Å². The Bertz CT molecular complexity index is 528. The molecule has 1 aromatic rings. The lowest BCUT2D eigenvalue weighted by atomic mass is 9.93. The SMILES string of the molecule is Cc1cccc(C2(C(=O)NC[C@@H](C3CC3)N(C)C)CC2)c1. The maximum atomic E-state index is 12.7. The Hall–Kier alpha value is -1.35. The summed E-state index contributed by atoms with van der Waals surface area (Å²) in [6.45, 7) is 2.87. The highest BCUT2D eigenvalue weighted by atomic mass is 16.2. The lowest BCUT2D eigenvalue weighted by Crippen LogP contribution is -2.44. The van der Waals surface area contributed by atoms with Crippen LogP contribution in [0, 0.1) is 12.8 Å². The molecule has 0 aromatic heterocycles. The molecule has 0 unspecified atom stereocenters. The van der Waals surface area contributed by atoms with E-state index in [1.807, 2.05) is 0 Å². The fraction of sp³-hybridized carbons (Fsp3) is 0.611. The molecular formula is C18H26N2O. The third kappa shape index (κ3) is 2.98. The number of carbonyl (C=O) groups excluding carboxylic acids is 1. The fourth-order valence-electron chi connectivity index (χ4n) is 3.33. The van der Waals surface area contributed by atoms with E-state index in [1.54, 1.807) is 0 Å². The third-order valence-electron chi connectivity index (χ3n) is 5.06. The van der Waals surface area contributed by atoms with Gasteiger partial charge in [0.25, 0.3) is 0 Å². The molecule has 1 aromatic carbocycles. The molecule has 1 amide bonds. The first-order chi connectivity index (χ1) is 10.0. The first-order valence-electron chi connectivity index (χ1n) is 8.05. The van der Waals surface area contributed by atoms with Gasteiger partial charge >= 0.3 is 0 Å². The Morgan fingerprint density at radius 1 is 1.38 bits per heavy atom. The standard InChI is InChI=1S/C18H26N2O/c1-13-5-4-6-15(11-13)18(9-10-18)17(21)19-12-16(20(2)3)14-7-8-14/h4-6,11,14,16H,7-10,12H2,1-3H3,(H,19,21)/t16-/m0/s1. The van der Waals surface area contributed by atoms with Gasteiger partial charge in [0, 0.05) is 12.6 Å². The van der Waals surface area contributed by atoms with Crippen LogP contribution in [0.2, 0.25) is 0 Å². The van der Waals surface area contributed by atoms with Crippen LogP contribution >= 0.6 is 0 Å². The van der Waals surface area contributed by atoms with E-state index in [-0.39, 0.29) is 11.3 Å². The summed E-state index contributed by atoms with van der Waals surface area (Å²) in [4.78, 5) is 14.9. The van der Waals surface area contributed by atoms with Gasteiger partial charge in [0.1, 0.15) is 0 Å². The zero-order chi connectivity index (χ0) is 15.0. The zero-order valence-corrected chi connectivity index (χ0v) is 13.4. The molecule has 0 bridgehead atoms. The van der Waals surface area contributed by atoms with Crippen molar-refractivity contribution in [2.45, 2.75) is 44.1 Å². The van der Waals surface area contributed by atoms with Crippen molar-refractivity contribution in [1.29, 1.82) is 0 Å². The number of likely N-dealkylation sites (N-methyl/N-ethyl adjacent to an activating group) is 1. The lowest BCUT2D eigenvalue weighted by molar-refractivity contribution is -0.123. The number of benzene rings is 1. The van der Waals surface area contributed by atoms with Crippen LogP contribution in [0.4, 0.5) is 0 Å². The van der Waals surface area contributed by atoms with Gasteiger partial charge in [-0.05, 0) is 58.2 Å². The second-order valence-electron chi connectivity index (χ2n) is 7.03. The summed E-state index contributed by atoms with van der Waals surface area (Å²) in [5.74, 6) is 0.995. The number of nitrogens with zero attached hydrogens (tertiary/aromatic N) is 1. The minimum Gasteiger partial charge on any atom is -0.354 e. The highest BCUT2D eigenvalue weighted by Gasteiger charge is 2.51. The first-order valence-corrected chi connectivity index (χ1v) is 8.05. The molecule has 0 saturated heterocycles. The van der Waals surface area contributed by atoms with E-state index in [0.29, 0.717) is 6.04 Å². The van der Waals surface area contributed by atoms with E-state index in [9.17, 15) is 4.79 Å². The van der Waals surface area contributed by atoms with Crippen LogP contribution in [0.1, 0.15) is 36.8 Å². The fourth-order valence-corrected chi connectivity index (χ4v) is 3.33. The van der Waals surface area contributed by atoms with Crippen molar-refractivity contribution in [2.75, 3.05) is 20.6 Å².